The lowest BCUT2D eigenvalue weighted by Crippen LogP contribution is -2.28. The van der Waals surface area contributed by atoms with E-state index in [1.807, 2.05) is 37.3 Å². The molecule has 8 N–H and O–H groups in total. The molecule has 4 aromatic carbocycles. The zero-order valence-electron chi connectivity index (χ0n) is 24.6. The number of fused-ring (bicyclic) bond motifs is 3. The molecule has 1 aromatic heterocycles. The van der Waals surface area contributed by atoms with Crippen LogP contribution in [0.5, 0.6) is 17.2 Å². The SMILES string of the molecule is B/C(CO)=C(O)/C(=C(/O)C(=C)O)c1ccc(Sc2cc3[nH]c4ccc(-c5c(B)c(B)c(O)c(O)c5O)cc4c3cc2C)cc1. The molecule has 0 aliphatic rings. The predicted octanol–water partition coefficient (Wildman–Crippen LogP) is 2.82. The van der Waals surface area contributed by atoms with Gasteiger partial charge in [0.1, 0.15) is 29.3 Å². The van der Waals surface area contributed by atoms with Gasteiger partial charge in [-0.3, -0.25) is 0 Å². The lowest BCUT2D eigenvalue weighted by molar-refractivity contribution is 0.320. The number of rotatable bonds is 7. The first kappa shape index (κ1) is 30.7. The van der Waals surface area contributed by atoms with E-state index in [9.17, 15) is 35.7 Å². The summed E-state index contributed by atoms with van der Waals surface area (Å²) < 4.78 is 0. The number of aliphatic hydroxyl groups is 4. The van der Waals surface area contributed by atoms with Gasteiger partial charge in [0, 0.05) is 37.2 Å². The van der Waals surface area contributed by atoms with Crippen molar-refractivity contribution in [3.63, 3.8) is 0 Å². The van der Waals surface area contributed by atoms with Gasteiger partial charge in [-0.1, -0.05) is 42.0 Å². The van der Waals surface area contributed by atoms with Crippen LogP contribution in [-0.2, 0) is 0 Å². The molecule has 8 nitrogen and oxygen atoms in total. The third kappa shape index (κ3) is 5.27. The highest BCUT2D eigenvalue weighted by molar-refractivity contribution is 7.99. The standard InChI is InChI=1S/C32H30B3NO7S/c1-13-9-18-19-10-16(24-26(34)27(35)31(42)32(43)30(24)41)5-8-21(19)36-22(18)11-23(13)44-17-6-3-15(4-7-17)25(28(39)14(2)38)29(40)20(33)12-37/h3-11,36-43H,2,12,33-35H2,1H3/b28-25+,29-20-. The Morgan fingerprint density at radius 3 is 2.11 bits per heavy atom. The number of phenolic OH excluding ortho intramolecular Hbond substituents is 3. The normalized spacial score (nSPS) is 12.8. The van der Waals surface area contributed by atoms with Crippen molar-refractivity contribution in [2.45, 2.75) is 16.7 Å². The smallest absolute Gasteiger partial charge is 0.200 e. The summed E-state index contributed by atoms with van der Waals surface area (Å²) in [4.78, 5) is 5.36. The van der Waals surface area contributed by atoms with Gasteiger partial charge < -0.3 is 40.7 Å². The average molecular weight is 605 g/mol. The van der Waals surface area contributed by atoms with E-state index in [0.717, 1.165) is 37.2 Å². The van der Waals surface area contributed by atoms with Crippen molar-refractivity contribution in [3.8, 4) is 28.4 Å². The van der Waals surface area contributed by atoms with Gasteiger partial charge in [-0.15, -0.1) is 0 Å². The maximum atomic E-state index is 10.7. The van der Waals surface area contributed by atoms with E-state index in [1.165, 1.54) is 19.6 Å². The van der Waals surface area contributed by atoms with Gasteiger partial charge in [0.05, 0.1) is 12.2 Å². The Bertz CT molecular complexity index is 2020. The fourth-order valence-electron chi connectivity index (χ4n) is 5.24. The number of aromatic nitrogens is 1. The number of benzene rings is 4. The van der Waals surface area contributed by atoms with Crippen molar-refractivity contribution in [1.29, 1.82) is 0 Å². The van der Waals surface area contributed by atoms with Crippen LogP contribution >= 0.6 is 11.8 Å². The van der Waals surface area contributed by atoms with Gasteiger partial charge in [0.15, 0.2) is 28.8 Å². The average Bonchev–Trinajstić information content (AvgIpc) is 3.36. The second-order valence-electron chi connectivity index (χ2n) is 10.8. The van der Waals surface area contributed by atoms with Crippen LogP contribution in [-0.4, -0.2) is 70.9 Å². The van der Waals surface area contributed by atoms with Gasteiger partial charge in [0.25, 0.3) is 0 Å². The molecule has 5 aromatic rings. The van der Waals surface area contributed by atoms with E-state index in [2.05, 4.69) is 23.7 Å². The summed E-state index contributed by atoms with van der Waals surface area (Å²) in [6.07, 6.45) is 0. The largest absolute Gasteiger partial charge is 0.508 e. The number of hydrogen-bond donors (Lipinski definition) is 8. The molecule has 5 rings (SSSR count). The topological polar surface area (TPSA) is 157 Å². The van der Waals surface area contributed by atoms with Crippen molar-refractivity contribution >= 4 is 73.6 Å². The van der Waals surface area contributed by atoms with E-state index >= 15 is 0 Å². The monoisotopic (exact) mass is 605 g/mol. The summed E-state index contributed by atoms with van der Waals surface area (Å²) in [7, 11) is 5.00. The fraction of sp³-hybridized carbons (Fsp3) is 0.0625. The summed E-state index contributed by atoms with van der Waals surface area (Å²) in [5, 5.41) is 73.3. The number of aryl methyl sites for hydroxylation is 1. The number of aliphatic hydroxyl groups excluding tert-OH is 4. The van der Waals surface area contributed by atoms with Gasteiger partial charge in [0.2, 0.25) is 0 Å². The van der Waals surface area contributed by atoms with Crippen LogP contribution in [0.1, 0.15) is 11.1 Å². The van der Waals surface area contributed by atoms with E-state index in [0.29, 0.717) is 27.6 Å². The molecule has 0 amide bonds. The fourth-order valence-corrected chi connectivity index (χ4v) is 6.16. The highest BCUT2D eigenvalue weighted by Crippen LogP contribution is 2.42. The molecule has 0 fully saturated rings. The third-order valence-electron chi connectivity index (χ3n) is 7.92. The van der Waals surface area contributed by atoms with Crippen LogP contribution in [0.4, 0.5) is 0 Å². The summed E-state index contributed by atoms with van der Waals surface area (Å²) in [5.41, 5.74) is 5.83. The Hall–Kier alpha value is -4.80. The molecule has 0 spiro atoms. The molecule has 12 heteroatoms. The first-order valence-electron chi connectivity index (χ1n) is 13.7. The second kappa shape index (κ2) is 11.7. The van der Waals surface area contributed by atoms with E-state index < -0.39 is 23.9 Å². The molecule has 0 saturated heterocycles. The zero-order chi connectivity index (χ0) is 32.0. The van der Waals surface area contributed by atoms with E-state index in [-0.39, 0.29) is 28.3 Å². The maximum absolute atomic E-state index is 10.7. The maximum Gasteiger partial charge on any atom is 0.200 e. The van der Waals surface area contributed by atoms with Crippen LogP contribution in [0.15, 0.2) is 93.7 Å². The first-order chi connectivity index (χ1) is 20.8. The molecule has 0 bridgehead atoms. The summed E-state index contributed by atoms with van der Waals surface area (Å²) in [5.74, 6) is -2.75. The number of phenols is 3. The Morgan fingerprint density at radius 1 is 0.818 bits per heavy atom. The second-order valence-corrected chi connectivity index (χ2v) is 11.9. The zero-order valence-corrected chi connectivity index (χ0v) is 25.5. The summed E-state index contributed by atoms with van der Waals surface area (Å²) in [6, 6.07) is 17.0. The van der Waals surface area contributed by atoms with Crippen LogP contribution in [0.3, 0.4) is 0 Å². The Kier molecular flexibility index (Phi) is 8.16. The lowest BCUT2D eigenvalue weighted by Gasteiger charge is -2.15. The van der Waals surface area contributed by atoms with Gasteiger partial charge in [-0.05, 0) is 70.9 Å². The molecular formula is C32H30B3NO7S. The van der Waals surface area contributed by atoms with Crippen molar-refractivity contribution in [2.75, 3.05) is 6.61 Å². The highest BCUT2D eigenvalue weighted by atomic mass is 32.2. The van der Waals surface area contributed by atoms with Gasteiger partial charge in [-0.25, -0.2) is 0 Å². The van der Waals surface area contributed by atoms with Crippen molar-refractivity contribution < 1.29 is 35.7 Å². The molecule has 0 atom stereocenters. The van der Waals surface area contributed by atoms with Crippen LogP contribution in [0, 0.1) is 6.92 Å². The number of aromatic amines is 1. The summed E-state index contributed by atoms with van der Waals surface area (Å²) >= 11 is 1.54. The Labute approximate surface area is 260 Å². The minimum atomic E-state index is -0.603. The minimum absolute atomic E-state index is 0.0307. The predicted molar refractivity (Wildman–Crippen MR) is 184 cm³/mol. The molecule has 1 heterocycles. The van der Waals surface area contributed by atoms with Crippen LogP contribution in [0.25, 0.3) is 38.5 Å². The Morgan fingerprint density at radius 2 is 1.48 bits per heavy atom. The molecule has 0 radical (unpaired) electrons. The molecule has 0 aliphatic heterocycles. The number of aromatic hydroxyl groups is 3. The highest BCUT2D eigenvalue weighted by Gasteiger charge is 2.21. The Balaban J connectivity index is 1.52. The molecule has 0 unspecified atom stereocenters. The quantitative estimate of drug-likeness (QED) is 0.0610. The molecule has 44 heavy (non-hydrogen) atoms. The molecule has 0 aliphatic carbocycles. The summed E-state index contributed by atoms with van der Waals surface area (Å²) in [6.45, 7) is 4.94. The van der Waals surface area contributed by atoms with E-state index in [1.54, 1.807) is 27.8 Å². The van der Waals surface area contributed by atoms with Crippen LogP contribution < -0.4 is 10.9 Å². The van der Waals surface area contributed by atoms with Crippen molar-refractivity contribution in [1.82, 2.24) is 4.98 Å². The van der Waals surface area contributed by atoms with Crippen molar-refractivity contribution in [2.24, 2.45) is 0 Å². The van der Waals surface area contributed by atoms with E-state index in [4.69, 9.17) is 0 Å². The number of hydrogen-bond acceptors (Lipinski definition) is 8. The molecular weight excluding hydrogens is 575 g/mol. The van der Waals surface area contributed by atoms with Gasteiger partial charge >= 0.3 is 0 Å². The number of allylic oxidation sites excluding steroid dienone is 1. The van der Waals surface area contributed by atoms with Crippen molar-refractivity contribution in [3.05, 3.63) is 95.1 Å². The lowest BCUT2D eigenvalue weighted by atomic mass is 9.75. The van der Waals surface area contributed by atoms with Crippen LogP contribution in [0.2, 0.25) is 0 Å². The van der Waals surface area contributed by atoms with Gasteiger partial charge in [-0.2, -0.15) is 0 Å². The third-order valence-corrected chi connectivity index (χ3v) is 9.09. The molecule has 220 valence electrons. The minimum Gasteiger partial charge on any atom is -0.508 e. The number of H-pyrrole nitrogens is 1. The number of nitrogens with one attached hydrogen (secondary N) is 1. The first-order valence-corrected chi connectivity index (χ1v) is 14.6. The molecule has 0 saturated carbocycles.